The van der Waals surface area contributed by atoms with E-state index in [-0.39, 0.29) is 36.3 Å². The highest BCUT2D eigenvalue weighted by molar-refractivity contribution is 7.12. The van der Waals surface area contributed by atoms with E-state index in [2.05, 4.69) is 6.08 Å². The van der Waals surface area contributed by atoms with Crippen molar-refractivity contribution in [3.05, 3.63) is 58.3 Å². The molecule has 32 heavy (non-hydrogen) atoms. The number of allylic oxidation sites excluding steroid dienone is 1. The number of carbonyl (C=O) groups is 3. The SMILES string of the molecule is CC1=C[C@H]2[C@@H]3C(=O)N(C[C@@H]4CCCO4)C(=O)[C@@H]3[C@@H](C(=O)c3cccs3)N2c2ccccc21. The zero-order chi connectivity index (χ0) is 22.0. The van der Waals surface area contributed by atoms with Crippen LogP contribution in [0.4, 0.5) is 5.69 Å². The first-order chi connectivity index (χ1) is 15.6. The van der Waals surface area contributed by atoms with Crippen LogP contribution in [0.3, 0.4) is 0 Å². The molecule has 0 saturated carbocycles. The van der Waals surface area contributed by atoms with Crippen LogP contribution in [0.25, 0.3) is 5.57 Å². The van der Waals surface area contributed by atoms with E-state index < -0.39 is 17.9 Å². The zero-order valence-electron chi connectivity index (χ0n) is 17.8. The summed E-state index contributed by atoms with van der Waals surface area (Å²) < 4.78 is 5.70. The molecule has 6 nitrogen and oxygen atoms in total. The lowest BCUT2D eigenvalue weighted by molar-refractivity contribution is -0.142. The van der Waals surface area contributed by atoms with Crippen LogP contribution in [0.15, 0.2) is 47.9 Å². The second-order valence-corrected chi connectivity index (χ2v) is 9.97. The van der Waals surface area contributed by atoms with Crippen molar-refractivity contribution < 1.29 is 19.1 Å². The number of benzene rings is 1. The van der Waals surface area contributed by atoms with Gasteiger partial charge in [0.1, 0.15) is 6.04 Å². The number of anilines is 1. The van der Waals surface area contributed by atoms with Crippen molar-refractivity contribution >= 4 is 40.2 Å². The number of ether oxygens (including phenoxy) is 1. The summed E-state index contributed by atoms with van der Waals surface area (Å²) in [4.78, 5) is 45.0. The minimum atomic E-state index is -0.694. The third-order valence-corrected chi connectivity index (χ3v) is 8.17. The summed E-state index contributed by atoms with van der Waals surface area (Å²) in [6.45, 7) is 2.99. The van der Waals surface area contributed by atoms with E-state index in [9.17, 15) is 14.4 Å². The maximum atomic E-state index is 13.7. The van der Waals surface area contributed by atoms with Crippen molar-refractivity contribution in [2.45, 2.75) is 38.0 Å². The van der Waals surface area contributed by atoms with E-state index in [0.29, 0.717) is 11.5 Å². The van der Waals surface area contributed by atoms with Crippen molar-refractivity contribution in [2.24, 2.45) is 11.8 Å². The summed E-state index contributed by atoms with van der Waals surface area (Å²) in [6, 6.07) is 10.6. The van der Waals surface area contributed by atoms with Crippen LogP contribution in [0, 0.1) is 11.8 Å². The van der Waals surface area contributed by atoms with E-state index in [4.69, 9.17) is 4.74 Å². The summed E-state index contributed by atoms with van der Waals surface area (Å²) in [6.07, 6.45) is 3.77. The Morgan fingerprint density at radius 1 is 1.12 bits per heavy atom. The highest BCUT2D eigenvalue weighted by Gasteiger charge is 2.64. The number of ketones is 1. The molecule has 4 aliphatic rings. The van der Waals surface area contributed by atoms with Gasteiger partial charge >= 0.3 is 0 Å². The molecule has 7 heteroatoms. The van der Waals surface area contributed by atoms with Gasteiger partial charge in [-0.1, -0.05) is 30.3 Å². The lowest BCUT2D eigenvalue weighted by Crippen LogP contribution is -2.49. The molecular formula is C25H24N2O4S. The molecule has 5 heterocycles. The topological polar surface area (TPSA) is 66.9 Å². The molecule has 0 unspecified atom stereocenters. The van der Waals surface area contributed by atoms with Gasteiger partial charge in [0, 0.05) is 17.9 Å². The normalized spacial score (nSPS) is 30.9. The molecule has 3 saturated heterocycles. The van der Waals surface area contributed by atoms with Crippen molar-refractivity contribution in [3.63, 3.8) is 0 Å². The average molecular weight is 449 g/mol. The van der Waals surface area contributed by atoms with Gasteiger partial charge in [-0.15, -0.1) is 11.3 Å². The first-order valence-corrected chi connectivity index (χ1v) is 12.0. The Morgan fingerprint density at radius 3 is 2.69 bits per heavy atom. The molecule has 6 rings (SSSR count). The molecule has 0 bridgehead atoms. The van der Waals surface area contributed by atoms with Gasteiger partial charge in [-0.05, 0) is 42.9 Å². The number of hydrogen-bond acceptors (Lipinski definition) is 6. The molecule has 2 amide bonds. The number of thiophene rings is 1. The molecule has 0 radical (unpaired) electrons. The second-order valence-electron chi connectivity index (χ2n) is 9.02. The van der Waals surface area contributed by atoms with Crippen LogP contribution in [-0.2, 0) is 14.3 Å². The number of likely N-dealkylation sites (tertiary alicyclic amines) is 1. The van der Waals surface area contributed by atoms with Crippen molar-refractivity contribution in [1.29, 1.82) is 0 Å². The summed E-state index contributed by atoms with van der Waals surface area (Å²) in [5, 5.41) is 1.87. The first kappa shape index (κ1) is 19.9. The molecule has 3 fully saturated rings. The third kappa shape index (κ3) is 2.77. The number of amides is 2. The van der Waals surface area contributed by atoms with E-state index in [1.165, 1.54) is 16.2 Å². The minimum absolute atomic E-state index is 0.0830. The van der Waals surface area contributed by atoms with Gasteiger partial charge in [-0.2, -0.15) is 0 Å². The lowest BCUT2D eigenvalue weighted by atomic mass is 9.86. The number of para-hydroxylation sites is 1. The monoisotopic (exact) mass is 448 g/mol. The van der Waals surface area contributed by atoms with Gasteiger partial charge in [-0.3, -0.25) is 19.3 Å². The highest BCUT2D eigenvalue weighted by Crippen LogP contribution is 2.50. The van der Waals surface area contributed by atoms with E-state index in [1.807, 2.05) is 47.5 Å². The molecule has 5 atom stereocenters. The molecule has 164 valence electrons. The smallest absolute Gasteiger partial charge is 0.235 e. The van der Waals surface area contributed by atoms with Crippen LogP contribution < -0.4 is 4.90 Å². The standard InChI is InChI=1S/C25H24N2O4S/c1-14-12-18-20-21(25(30)26(24(20)29)13-15-6-4-10-31-15)22(23(28)19-9-5-11-32-19)27(18)17-8-3-2-7-16(14)17/h2-3,5,7-9,11-12,15,18,20-22H,4,6,10,13H2,1H3/t15-,18-,20-,21-,22-/m0/s1. The molecule has 1 aromatic carbocycles. The van der Waals surface area contributed by atoms with Gasteiger partial charge in [0.25, 0.3) is 0 Å². The van der Waals surface area contributed by atoms with Crippen molar-refractivity contribution in [1.82, 2.24) is 4.90 Å². The maximum Gasteiger partial charge on any atom is 0.235 e. The van der Waals surface area contributed by atoms with E-state index in [0.717, 1.165) is 29.7 Å². The molecule has 0 N–H and O–H groups in total. The molecule has 0 spiro atoms. The maximum absolute atomic E-state index is 13.7. The van der Waals surface area contributed by atoms with Gasteiger partial charge < -0.3 is 9.64 Å². The Morgan fingerprint density at radius 2 is 1.94 bits per heavy atom. The number of rotatable bonds is 4. The molecule has 2 aromatic rings. The van der Waals surface area contributed by atoms with Crippen LogP contribution >= 0.6 is 11.3 Å². The highest BCUT2D eigenvalue weighted by atomic mass is 32.1. The van der Waals surface area contributed by atoms with Gasteiger partial charge in [0.15, 0.2) is 5.78 Å². The number of carbonyl (C=O) groups excluding carboxylic acids is 3. The Balaban J connectivity index is 1.45. The minimum Gasteiger partial charge on any atom is -0.376 e. The fourth-order valence-electron chi connectivity index (χ4n) is 5.90. The number of Topliss-reactive ketones (excluding diaryl/α,β-unsaturated/α-hetero) is 1. The average Bonchev–Trinajstić information content (AvgIpc) is 3.58. The van der Waals surface area contributed by atoms with E-state index in [1.54, 1.807) is 6.07 Å². The van der Waals surface area contributed by atoms with Crippen LogP contribution in [0.2, 0.25) is 0 Å². The molecule has 0 aliphatic carbocycles. The summed E-state index contributed by atoms with van der Waals surface area (Å²) in [5.74, 6) is -1.72. The van der Waals surface area contributed by atoms with E-state index >= 15 is 0 Å². The van der Waals surface area contributed by atoms with Gasteiger partial charge in [0.2, 0.25) is 11.8 Å². The Labute approximate surface area is 190 Å². The lowest BCUT2D eigenvalue weighted by Gasteiger charge is -2.38. The van der Waals surface area contributed by atoms with Crippen LogP contribution in [0.5, 0.6) is 0 Å². The number of hydrogen-bond donors (Lipinski definition) is 0. The Bertz CT molecular complexity index is 1130. The quantitative estimate of drug-likeness (QED) is 0.530. The summed E-state index contributed by atoms with van der Waals surface area (Å²) in [5.41, 5.74) is 3.04. The Hall–Kier alpha value is -2.77. The zero-order valence-corrected chi connectivity index (χ0v) is 18.6. The fraction of sp³-hybridized carbons (Fsp3) is 0.400. The molecule has 4 aliphatic heterocycles. The Kier molecular flexibility index (Phi) is 4.59. The number of fused-ring (bicyclic) bond motifs is 5. The molecular weight excluding hydrogens is 424 g/mol. The van der Waals surface area contributed by atoms with Crippen LogP contribution in [0.1, 0.15) is 35.0 Å². The first-order valence-electron chi connectivity index (χ1n) is 11.2. The predicted octanol–water partition coefficient (Wildman–Crippen LogP) is 3.39. The van der Waals surface area contributed by atoms with Crippen molar-refractivity contribution in [3.8, 4) is 0 Å². The number of imide groups is 1. The summed E-state index contributed by atoms with van der Waals surface area (Å²) >= 11 is 1.38. The fourth-order valence-corrected chi connectivity index (χ4v) is 6.59. The molecule has 1 aromatic heterocycles. The van der Waals surface area contributed by atoms with Gasteiger partial charge in [0.05, 0.1) is 35.4 Å². The number of nitrogens with zero attached hydrogens (tertiary/aromatic N) is 2. The predicted molar refractivity (Wildman–Crippen MR) is 121 cm³/mol. The third-order valence-electron chi connectivity index (χ3n) is 7.29. The largest absolute Gasteiger partial charge is 0.376 e. The summed E-state index contributed by atoms with van der Waals surface area (Å²) in [7, 11) is 0. The van der Waals surface area contributed by atoms with Crippen molar-refractivity contribution in [2.75, 3.05) is 18.1 Å². The van der Waals surface area contributed by atoms with Gasteiger partial charge in [-0.25, -0.2) is 0 Å². The second kappa shape index (κ2) is 7.39. The van der Waals surface area contributed by atoms with Crippen LogP contribution in [-0.4, -0.2) is 53.8 Å².